The smallest absolute Gasteiger partial charge is 0.311 e. The number of carbonyl (C=O) groups is 2. The van der Waals surface area contributed by atoms with Crippen molar-refractivity contribution >= 4 is 11.9 Å². The van der Waals surface area contributed by atoms with E-state index in [1.165, 1.54) is 5.56 Å². The molecule has 0 aromatic heterocycles. The van der Waals surface area contributed by atoms with Crippen LogP contribution in [0.15, 0.2) is 12.1 Å². The molecule has 23 heavy (non-hydrogen) atoms. The molecule has 1 aliphatic heterocycles. The molecule has 0 spiro atoms. The van der Waals surface area contributed by atoms with Gasteiger partial charge in [-0.3, -0.25) is 9.59 Å². The molecule has 2 rings (SSSR count). The fraction of sp³-hybridized carbons (Fsp3) is 0.556. The number of hydrogen-bond acceptors (Lipinski definition) is 3. The number of rotatable bonds is 6. The lowest BCUT2D eigenvalue weighted by molar-refractivity contribution is -0.149. The van der Waals surface area contributed by atoms with E-state index in [1.807, 2.05) is 33.8 Å². The summed E-state index contributed by atoms with van der Waals surface area (Å²) in [5.74, 6) is -0.363. The van der Waals surface area contributed by atoms with Crippen LogP contribution in [0, 0.1) is 19.3 Å². The van der Waals surface area contributed by atoms with Crippen LogP contribution in [0.3, 0.4) is 0 Å². The zero-order valence-electron chi connectivity index (χ0n) is 14.2. The number of aliphatic carboxylic acids is 1. The summed E-state index contributed by atoms with van der Waals surface area (Å²) in [5.41, 5.74) is 2.43. The van der Waals surface area contributed by atoms with Gasteiger partial charge in [0.05, 0.1) is 5.41 Å². The zero-order chi connectivity index (χ0) is 17.2. The van der Waals surface area contributed by atoms with Crippen molar-refractivity contribution in [1.82, 2.24) is 5.32 Å². The fourth-order valence-corrected chi connectivity index (χ4v) is 2.91. The van der Waals surface area contributed by atoms with E-state index < -0.39 is 17.5 Å². The topological polar surface area (TPSA) is 75.6 Å². The van der Waals surface area contributed by atoms with Gasteiger partial charge in [-0.2, -0.15) is 0 Å². The molecule has 0 saturated heterocycles. The van der Waals surface area contributed by atoms with Crippen molar-refractivity contribution in [3.05, 3.63) is 28.8 Å². The second-order valence-corrected chi connectivity index (χ2v) is 6.37. The van der Waals surface area contributed by atoms with Gasteiger partial charge in [0.2, 0.25) is 0 Å². The minimum atomic E-state index is -0.908. The molecule has 1 heterocycles. The first-order chi connectivity index (χ1) is 10.8. The first-order valence-corrected chi connectivity index (χ1v) is 8.11. The number of aryl methyl sites for hydroxylation is 2. The molecule has 126 valence electrons. The molecular formula is C18H25NO4. The van der Waals surface area contributed by atoms with Gasteiger partial charge in [-0.25, -0.2) is 0 Å². The lowest BCUT2D eigenvalue weighted by Gasteiger charge is -2.27. The Bertz CT molecular complexity index is 589. The van der Waals surface area contributed by atoms with E-state index in [9.17, 15) is 14.7 Å². The van der Waals surface area contributed by atoms with Gasteiger partial charge < -0.3 is 15.2 Å². The van der Waals surface area contributed by atoms with Crippen LogP contribution in [0.5, 0.6) is 5.75 Å². The normalized spacial score (nSPS) is 16.6. The Labute approximate surface area is 137 Å². The second-order valence-electron chi connectivity index (χ2n) is 6.37. The first kappa shape index (κ1) is 17.3. The molecule has 1 amide bonds. The van der Waals surface area contributed by atoms with Crippen LogP contribution in [0.25, 0.3) is 0 Å². The number of carbonyl (C=O) groups excluding carboxylic acids is 1. The average Bonchev–Trinajstić information content (AvgIpc) is 2.91. The molecule has 2 N–H and O–H groups in total. The lowest BCUT2D eigenvalue weighted by atomic mass is 9.82. The van der Waals surface area contributed by atoms with Gasteiger partial charge in [0.15, 0.2) is 6.10 Å². The van der Waals surface area contributed by atoms with E-state index in [0.717, 1.165) is 16.9 Å². The van der Waals surface area contributed by atoms with Gasteiger partial charge >= 0.3 is 5.97 Å². The standard InChI is InChI=1S/C18H25NO4/c1-5-18(6-2,17(21)22)10-19-16(20)15-9-13-7-11(3)12(4)8-14(13)23-15/h7-8,15H,5-6,9-10H2,1-4H3,(H,19,20)(H,21,22). The fourth-order valence-electron chi connectivity index (χ4n) is 2.91. The third-order valence-corrected chi connectivity index (χ3v) is 5.05. The van der Waals surface area contributed by atoms with Gasteiger partial charge in [-0.15, -0.1) is 0 Å². The lowest BCUT2D eigenvalue weighted by Crippen LogP contribution is -2.46. The monoisotopic (exact) mass is 319 g/mol. The first-order valence-electron chi connectivity index (χ1n) is 8.11. The largest absolute Gasteiger partial charge is 0.481 e. The highest BCUT2D eigenvalue weighted by atomic mass is 16.5. The summed E-state index contributed by atoms with van der Waals surface area (Å²) < 4.78 is 5.74. The molecule has 0 saturated carbocycles. The maximum Gasteiger partial charge on any atom is 0.311 e. The summed E-state index contributed by atoms with van der Waals surface area (Å²) >= 11 is 0. The molecule has 1 unspecified atom stereocenters. The SMILES string of the molecule is CCC(CC)(CNC(=O)C1Cc2cc(C)c(C)cc2O1)C(=O)O. The Morgan fingerprint density at radius 3 is 2.43 bits per heavy atom. The Balaban J connectivity index is 2.02. The van der Waals surface area contributed by atoms with Crippen molar-refractivity contribution in [1.29, 1.82) is 0 Å². The van der Waals surface area contributed by atoms with Crippen molar-refractivity contribution < 1.29 is 19.4 Å². The van der Waals surface area contributed by atoms with Crippen LogP contribution in [0.4, 0.5) is 0 Å². The summed E-state index contributed by atoms with van der Waals surface area (Å²) in [5, 5.41) is 12.2. The predicted octanol–water partition coefficient (Wildman–Crippen LogP) is 2.61. The molecule has 5 heteroatoms. The summed E-state index contributed by atoms with van der Waals surface area (Å²) in [6, 6.07) is 4.01. The highest BCUT2D eigenvalue weighted by Gasteiger charge is 2.37. The number of benzene rings is 1. The number of fused-ring (bicyclic) bond motifs is 1. The predicted molar refractivity (Wildman–Crippen MR) is 87.7 cm³/mol. The molecule has 5 nitrogen and oxygen atoms in total. The van der Waals surface area contributed by atoms with Crippen LogP contribution in [0.1, 0.15) is 43.4 Å². The maximum absolute atomic E-state index is 12.4. The van der Waals surface area contributed by atoms with Crippen molar-refractivity contribution in [2.45, 2.75) is 53.1 Å². The Morgan fingerprint density at radius 1 is 1.26 bits per heavy atom. The van der Waals surface area contributed by atoms with E-state index in [-0.39, 0.29) is 12.5 Å². The number of ether oxygens (including phenoxy) is 1. The van der Waals surface area contributed by atoms with E-state index in [2.05, 4.69) is 11.4 Å². The minimum Gasteiger partial charge on any atom is -0.481 e. The molecular weight excluding hydrogens is 294 g/mol. The molecule has 1 aromatic rings. The summed E-state index contributed by atoms with van der Waals surface area (Å²) in [4.78, 5) is 23.8. The summed E-state index contributed by atoms with van der Waals surface area (Å²) in [6.45, 7) is 7.83. The van der Waals surface area contributed by atoms with Gasteiger partial charge in [0.25, 0.3) is 5.91 Å². The maximum atomic E-state index is 12.4. The third-order valence-electron chi connectivity index (χ3n) is 5.05. The van der Waals surface area contributed by atoms with Gasteiger partial charge in [0.1, 0.15) is 5.75 Å². The van der Waals surface area contributed by atoms with Crippen LogP contribution in [-0.4, -0.2) is 29.6 Å². The zero-order valence-corrected chi connectivity index (χ0v) is 14.2. The summed E-state index contributed by atoms with van der Waals surface area (Å²) in [6.07, 6.45) is 0.902. The number of carboxylic acid groups (broad SMARTS) is 1. The van der Waals surface area contributed by atoms with Crippen LogP contribution >= 0.6 is 0 Å². The van der Waals surface area contributed by atoms with Crippen LogP contribution in [-0.2, 0) is 16.0 Å². The molecule has 0 bridgehead atoms. The van der Waals surface area contributed by atoms with Gasteiger partial charge in [0, 0.05) is 13.0 Å². The summed E-state index contributed by atoms with van der Waals surface area (Å²) in [7, 11) is 0. The number of hydrogen-bond donors (Lipinski definition) is 2. The van der Waals surface area contributed by atoms with Crippen molar-refractivity contribution in [3.8, 4) is 5.75 Å². The van der Waals surface area contributed by atoms with Gasteiger partial charge in [-0.05, 0) is 49.4 Å². The third kappa shape index (κ3) is 3.33. The number of nitrogens with one attached hydrogen (secondary N) is 1. The molecule has 1 atom stereocenters. The Hall–Kier alpha value is -2.04. The Kier molecular flexibility index (Phi) is 4.97. The molecule has 0 aliphatic carbocycles. The Morgan fingerprint density at radius 2 is 1.87 bits per heavy atom. The van der Waals surface area contributed by atoms with Crippen molar-refractivity contribution in [3.63, 3.8) is 0 Å². The van der Waals surface area contributed by atoms with Gasteiger partial charge in [-0.1, -0.05) is 19.9 Å². The number of amides is 1. The number of carboxylic acids is 1. The van der Waals surface area contributed by atoms with E-state index in [1.54, 1.807) is 0 Å². The highest BCUT2D eigenvalue weighted by molar-refractivity contribution is 5.83. The quantitative estimate of drug-likeness (QED) is 0.845. The molecule has 0 fully saturated rings. The van der Waals surface area contributed by atoms with Crippen LogP contribution < -0.4 is 10.1 Å². The van der Waals surface area contributed by atoms with Crippen LogP contribution in [0.2, 0.25) is 0 Å². The molecule has 1 aliphatic rings. The van der Waals surface area contributed by atoms with E-state index >= 15 is 0 Å². The minimum absolute atomic E-state index is 0.127. The molecule has 1 aromatic carbocycles. The van der Waals surface area contributed by atoms with Crippen molar-refractivity contribution in [2.75, 3.05) is 6.54 Å². The highest BCUT2D eigenvalue weighted by Crippen LogP contribution is 2.32. The molecule has 0 radical (unpaired) electrons. The van der Waals surface area contributed by atoms with Crippen molar-refractivity contribution in [2.24, 2.45) is 5.41 Å². The van der Waals surface area contributed by atoms with E-state index in [4.69, 9.17) is 4.74 Å². The second kappa shape index (κ2) is 6.60. The average molecular weight is 319 g/mol. The van der Waals surface area contributed by atoms with E-state index in [0.29, 0.717) is 19.3 Å².